The van der Waals surface area contributed by atoms with Crippen LogP contribution < -0.4 is 18.9 Å². The topological polar surface area (TPSA) is 87.4 Å². The Hall–Kier alpha value is -3.61. The van der Waals surface area contributed by atoms with Crippen LogP contribution in [0.1, 0.15) is 11.1 Å². The fourth-order valence-electron chi connectivity index (χ4n) is 2.70. The number of carboxylic acid groups (broad SMARTS) is 1. The molecule has 0 spiro atoms. The van der Waals surface area contributed by atoms with Crippen molar-refractivity contribution in [1.29, 1.82) is 0 Å². The Bertz CT molecular complexity index is 975. The molecule has 0 atom stereocenters. The maximum absolute atomic E-state index is 10.6. The third-order valence-corrected chi connectivity index (χ3v) is 4.22. The molecule has 0 aliphatic rings. The first kappa shape index (κ1) is 19.2. The molecule has 7 heteroatoms. The molecule has 0 unspecified atom stereocenters. The predicted molar refractivity (Wildman–Crippen MR) is 101 cm³/mol. The van der Waals surface area contributed by atoms with Gasteiger partial charge < -0.3 is 28.5 Å². The molecule has 0 radical (unpaired) electrons. The van der Waals surface area contributed by atoms with E-state index in [2.05, 4.69) is 4.74 Å². The summed E-state index contributed by atoms with van der Waals surface area (Å²) in [4.78, 5) is 10.6. The average Bonchev–Trinajstić information content (AvgIpc) is 3.05. The van der Waals surface area contributed by atoms with E-state index in [1.165, 1.54) is 6.26 Å². The molecule has 0 bridgehead atoms. The highest BCUT2D eigenvalue weighted by molar-refractivity contribution is 5.68. The number of hydrogen-bond acceptors (Lipinski definition) is 6. The number of methoxy groups -OCH3 is 2. The molecule has 1 N–H and O–H groups in total. The minimum atomic E-state index is -1.42. The molecule has 0 aliphatic heterocycles. The molecule has 0 aliphatic carbocycles. The second kappa shape index (κ2) is 8.39. The van der Waals surface area contributed by atoms with Crippen LogP contribution in [-0.4, -0.2) is 25.5 Å². The monoisotopic (exact) mass is 384 g/mol. The van der Waals surface area contributed by atoms with Gasteiger partial charge in [-0.2, -0.15) is 0 Å². The molecule has 0 fully saturated rings. The minimum absolute atomic E-state index is 0.0508. The van der Waals surface area contributed by atoms with E-state index < -0.39 is 6.16 Å². The van der Waals surface area contributed by atoms with Crippen LogP contribution in [0.2, 0.25) is 0 Å². The molecule has 0 saturated heterocycles. The quantitative estimate of drug-likeness (QED) is 0.579. The number of furan rings is 1. The van der Waals surface area contributed by atoms with Gasteiger partial charge in [0.1, 0.15) is 18.6 Å². The molecule has 0 amide bonds. The van der Waals surface area contributed by atoms with E-state index in [-0.39, 0.29) is 12.6 Å². The summed E-state index contributed by atoms with van der Waals surface area (Å²) >= 11 is 0. The Labute approximate surface area is 162 Å². The third kappa shape index (κ3) is 4.20. The van der Waals surface area contributed by atoms with Gasteiger partial charge in [0.05, 0.1) is 14.2 Å². The van der Waals surface area contributed by atoms with Gasteiger partial charge in [0, 0.05) is 11.1 Å². The third-order valence-electron chi connectivity index (χ3n) is 4.22. The summed E-state index contributed by atoms with van der Waals surface area (Å²) < 4.78 is 26.2. The van der Waals surface area contributed by atoms with Crippen LogP contribution in [0.25, 0.3) is 11.1 Å². The molecule has 1 heterocycles. The molecular formula is C21H20O7. The van der Waals surface area contributed by atoms with Crippen LogP contribution in [0.15, 0.2) is 53.1 Å². The van der Waals surface area contributed by atoms with Crippen molar-refractivity contribution in [2.45, 2.75) is 13.5 Å². The fourth-order valence-corrected chi connectivity index (χ4v) is 2.70. The van der Waals surface area contributed by atoms with Crippen LogP contribution in [0.5, 0.6) is 23.2 Å². The summed E-state index contributed by atoms with van der Waals surface area (Å²) in [7, 11) is 3.19. The number of rotatable bonds is 7. The van der Waals surface area contributed by atoms with E-state index in [0.717, 1.165) is 11.1 Å². The molecule has 28 heavy (non-hydrogen) atoms. The van der Waals surface area contributed by atoms with E-state index in [1.54, 1.807) is 21.1 Å². The lowest BCUT2D eigenvalue weighted by Crippen LogP contribution is -2.03. The van der Waals surface area contributed by atoms with Crippen molar-refractivity contribution in [3.8, 4) is 34.3 Å². The van der Waals surface area contributed by atoms with Gasteiger partial charge in [0.25, 0.3) is 5.95 Å². The van der Waals surface area contributed by atoms with Gasteiger partial charge in [0.15, 0.2) is 11.5 Å². The van der Waals surface area contributed by atoms with Gasteiger partial charge >= 0.3 is 6.16 Å². The van der Waals surface area contributed by atoms with Crippen molar-refractivity contribution in [1.82, 2.24) is 0 Å². The van der Waals surface area contributed by atoms with Gasteiger partial charge in [-0.1, -0.05) is 18.2 Å². The first-order valence-electron chi connectivity index (χ1n) is 8.44. The van der Waals surface area contributed by atoms with Gasteiger partial charge in [0.2, 0.25) is 0 Å². The lowest BCUT2D eigenvalue weighted by molar-refractivity contribution is 0.132. The summed E-state index contributed by atoms with van der Waals surface area (Å²) in [6, 6.07) is 13.3. The summed E-state index contributed by atoms with van der Waals surface area (Å²) in [6.45, 7) is 1.92. The maximum atomic E-state index is 10.6. The summed E-state index contributed by atoms with van der Waals surface area (Å²) in [6.07, 6.45) is -0.00116. The largest absolute Gasteiger partial charge is 0.513 e. The maximum Gasteiger partial charge on any atom is 0.513 e. The van der Waals surface area contributed by atoms with Crippen LogP contribution in [0.4, 0.5) is 4.79 Å². The van der Waals surface area contributed by atoms with Crippen molar-refractivity contribution in [3.63, 3.8) is 0 Å². The first-order valence-corrected chi connectivity index (χ1v) is 8.44. The zero-order valence-electron chi connectivity index (χ0n) is 15.7. The zero-order chi connectivity index (χ0) is 20.1. The number of carbonyl (C=O) groups is 1. The van der Waals surface area contributed by atoms with Gasteiger partial charge in [-0.25, -0.2) is 4.79 Å². The van der Waals surface area contributed by atoms with Gasteiger partial charge in [-0.3, -0.25) is 0 Å². The van der Waals surface area contributed by atoms with Gasteiger partial charge in [-0.05, 0) is 42.3 Å². The predicted octanol–water partition coefficient (Wildman–Crippen LogP) is 4.91. The molecule has 3 aromatic rings. The second-order valence-electron chi connectivity index (χ2n) is 5.93. The molecular weight excluding hydrogens is 364 g/mol. The molecule has 7 nitrogen and oxygen atoms in total. The van der Waals surface area contributed by atoms with Crippen LogP contribution >= 0.6 is 0 Å². The molecule has 146 valence electrons. The van der Waals surface area contributed by atoms with Crippen molar-refractivity contribution in [3.05, 3.63) is 59.9 Å². The average molecular weight is 384 g/mol. The molecule has 3 rings (SSSR count). The van der Waals surface area contributed by atoms with Crippen LogP contribution in [0, 0.1) is 6.92 Å². The van der Waals surface area contributed by atoms with E-state index >= 15 is 0 Å². The highest BCUT2D eigenvalue weighted by Gasteiger charge is 2.14. The second-order valence-corrected chi connectivity index (χ2v) is 5.93. The normalized spacial score (nSPS) is 10.4. The van der Waals surface area contributed by atoms with Crippen molar-refractivity contribution in [2.24, 2.45) is 0 Å². The minimum Gasteiger partial charge on any atom is -0.493 e. The lowest BCUT2D eigenvalue weighted by Gasteiger charge is -2.11. The SMILES string of the molecule is COc1ccc(-c2cccc(OCc3coc(OC(=O)O)c3C)c2)cc1OC. The summed E-state index contributed by atoms with van der Waals surface area (Å²) in [5.74, 6) is 1.92. The molecule has 0 saturated carbocycles. The molecule has 2 aromatic carbocycles. The zero-order valence-corrected chi connectivity index (χ0v) is 15.7. The van der Waals surface area contributed by atoms with Crippen LogP contribution in [-0.2, 0) is 6.61 Å². The number of hydrogen-bond donors (Lipinski definition) is 1. The number of benzene rings is 2. The van der Waals surface area contributed by atoms with Crippen molar-refractivity contribution in [2.75, 3.05) is 14.2 Å². The molecule has 1 aromatic heterocycles. The number of ether oxygens (including phenoxy) is 4. The van der Waals surface area contributed by atoms with Crippen molar-refractivity contribution < 1.29 is 33.3 Å². The Kier molecular flexibility index (Phi) is 5.74. The Morgan fingerprint density at radius 1 is 1.04 bits per heavy atom. The Morgan fingerprint density at radius 3 is 2.50 bits per heavy atom. The summed E-state index contributed by atoms with van der Waals surface area (Å²) in [5, 5.41) is 8.69. The standard InChI is InChI=1S/C21H20O7/c1-13-16(12-27-20(13)28-21(22)23)11-26-17-6-4-5-14(9-17)15-7-8-18(24-2)19(10-15)25-3/h4-10,12H,11H2,1-3H3,(H,22,23). The Morgan fingerprint density at radius 2 is 1.79 bits per heavy atom. The first-order chi connectivity index (χ1) is 13.5. The van der Waals surface area contributed by atoms with E-state index in [9.17, 15) is 4.79 Å². The Balaban J connectivity index is 1.76. The van der Waals surface area contributed by atoms with Crippen LogP contribution in [0.3, 0.4) is 0 Å². The lowest BCUT2D eigenvalue weighted by atomic mass is 10.0. The van der Waals surface area contributed by atoms with E-state index in [4.69, 9.17) is 23.7 Å². The summed E-state index contributed by atoms with van der Waals surface area (Å²) in [5.41, 5.74) is 3.20. The van der Waals surface area contributed by atoms with E-state index in [0.29, 0.717) is 28.4 Å². The smallest absolute Gasteiger partial charge is 0.493 e. The van der Waals surface area contributed by atoms with Crippen molar-refractivity contribution >= 4 is 6.16 Å². The highest BCUT2D eigenvalue weighted by Crippen LogP contribution is 2.33. The fraction of sp³-hybridized carbons (Fsp3) is 0.190. The van der Waals surface area contributed by atoms with E-state index in [1.807, 2.05) is 42.5 Å². The van der Waals surface area contributed by atoms with Gasteiger partial charge in [-0.15, -0.1) is 0 Å². The highest BCUT2D eigenvalue weighted by atomic mass is 16.7.